The molecule has 1 aromatic rings. The largest absolute Gasteiger partial charge is 0.756 e. The first-order valence-electron chi connectivity index (χ1n) is 4.26. The number of rotatable bonds is 6. The van der Waals surface area contributed by atoms with E-state index in [1.165, 1.54) is 0 Å². The van der Waals surface area contributed by atoms with Crippen molar-refractivity contribution in [3.05, 3.63) is 29.2 Å². The van der Waals surface area contributed by atoms with Crippen molar-refractivity contribution >= 4 is 33.2 Å². The van der Waals surface area contributed by atoms with E-state index in [9.17, 15) is 18.9 Å². The zero-order valence-corrected chi connectivity index (χ0v) is 11.3. The van der Waals surface area contributed by atoms with Gasteiger partial charge in [-0.25, -0.2) is 14.1 Å². The van der Waals surface area contributed by atoms with E-state index in [0.29, 0.717) is 0 Å². The summed E-state index contributed by atoms with van der Waals surface area (Å²) >= 11 is 4.76. The second kappa shape index (κ2) is 5.98. The molecule has 2 N–H and O–H groups in total. The average Bonchev–Trinajstić information content (AvgIpc) is 2.27. The van der Waals surface area contributed by atoms with E-state index in [1.54, 1.807) is 0 Å². The minimum absolute atomic E-state index is 0.174. The van der Waals surface area contributed by atoms with E-state index in [-0.39, 0.29) is 11.4 Å². The molecule has 0 bridgehead atoms. The second-order valence-corrected chi connectivity index (χ2v) is 6.14. The molecule has 0 saturated heterocycles. The van der Waals surface area contributed by atoms with E-state index in [4.69, 9.17) is 22.0 Å². The van der Waals surface area contributed by atoms with Crippen LogP contribution < -0.4 is 9.42 Å². The SMILES string of the molecule is O=[N+](O)c1ccc(OP(=O)(OCl)OP(=O)([O-])O)cc1. The van der Waals surface area contributed by atoms with Crippen LogP contribution in [0, 0.1) is 4.91 Å². The van der Waals surface area contributed by atoms with Gasteiger partial charge in [-0.15, -0.1) is 0 Å². The van der Waals surface area contributed by atoms with Gasteiger partial charge in [-0.2, -0.15) is 4.08 Å². The maximum Gasteiger partial charge on any atom is 0.553 e. The average molecular weight is 334 g/mol. The number of nitrogens with zero attached hydrogens (tertiary/aromatic N) is 1. The lowest BCUT2D eigenvalue weighted by Crippen LogP contribution is -2.05. The predicted octanol–water partition coefficient (Wildman–Crippen LogP) is 1.62. The number of hydrogen-bond acceptors (Lipinski definition) is 7. The lowest BCUT2D eigenvalue weighted by molar-refractivity contribution is -0.729. The van der Waals surface area contributed by atoms with Crippen LogP contribution in [0.25, 0.3) is 0 Å². The van der Waals surface area contributed by atoms with E-state index < -0.39 is 20.6 Å². The van der Waals surface area contributed by atoms with Gasteiger partial charge >= 0.3 is 13.5 Å². The van der Waals surface area contributed by atoms with Gasteiger partial charge in [0.15, 0.2) is 0 Å². The monoisotopic (exact) mass is 333 g/mol. The molecular formula is C6H6ClNO9P2. The van der Waals surface area contributed by atoms with Crippen LogP contribution in [-0.2, 0) is 17.5 Å². The van der Waals surface area contributed by atoms with Crippen molar-refractivity contribution < 1.29 is 42.0 Å². The van der Waals surface area contributed by atoms with Gasteiger partial charge in [-0.05, 0) is 12.1 Å². The third kappa shape index (κ3) is 5.25. The minimum Gasteiger partial charge on any atom is -0.756 e. The van der Waals surface area contributed by atoms with Gasteiger partial charge in [0.1, 0.15) is 5.75 Å². The molecule has 1 aromatic carbocycles. The summed E-state index contributed by atoms with van der Waals surface area (Å²) in [4.78, 5) is 28.8. The molecule has 13 heteroatoms. The maximum atomic E-state index is 11.5. The van der Waals surface area contributed by atoms with Crippen molar-refractivity contribution in [2.75, 3.05) is 0 Å². The molecule has 0 amide bonds. The molecule has 0 saturated carbocycles. The number of halogens is 1. The summed E-state index contributed by atoms with van der Waals surface area (Å²) in [7, 11) is -10.2. The fourth-order valence-electron chi connectivity index (χ4n) is 0.933. The Balaban J connectivity index is 2.90. The molecule has 0 fully saturated rings. The van der Waals surface area contributed by atoms with Crippen molar-refractivity contribution in [2.24, 2.45) is 0 Å². The van der Waals surface area contributed by atoms with Crippen LogP contribution in [0.1, 0.15) is 0 Å². The van der Waals surface area contributed by atoms with Gasteiger partial charge in [0, 0.05) is 12.1 Å². The van der Waals surface area contributed by atoms with Crippen molar-refractivity contribution in [3.8, 4) is 5.75 Å². The minimum atomic E-state index is -5.41. The molecule has 10 nitrogen and oxygen atoms in total. The van der Waals surface area contributed by atoms with Crippen molar-refractivity contribution in [1.29, 1.82) is 0 Å². The highest BCUT2D eigenvalue weighted by atomic mass is 35.5. The Bertz CT molecular complexity index is 554. The zero-order chi connectivity index (χ0) is 14.7. The molecule has 0 aliphatic heterocycles. The molecule has 106 valence electrons. The number of hydrogen-bond donors (Lipinski definition) is 2. The molecule has 0 aliphatic carbocycles. The van der Waals surface area contributed by atoms with Crippen molar-refractivity contribution in [3.63, 3.8) is 0 Å². The smallest absolute Gasteiger partial charge is 0.553 e. The molecule has 0 spiro atoms. The van der Waals surface area contributed by atoms with Gasteiger partial charge in [-0.3, -0.25) is 4.57 Å². The quantitative estimate of drug-likeness (QED) is 0.585. The van der Waals surface area contributed by atoms with Crippen LogP contribution in [0.3, 0.4) is 0 Å². The van der Waals surface area contributed by atoms with E-state index in [1.807, 2.05) is 0 Å². The summed E-state index contributed by atoms with van der Waals surface area (Å²) in [6.45, 7) is 0. The Morgan fingerprint density at radius 2 is 1.79 bits per heavy atom. The van der Waals surface area contributed by atoms with Gasteiger partial charge in [0.25, 0.3) is 12.7 Å². The van der Waals surface area contributed by atoms with E-state index in [0.717, 1.165) is 24.3 Å². The summed E-state index contributed by atoms with van der Waals surface area (Å²) in [5, 5.41) is 8.55. The van der Waals surface area contributed by atoms with E-state index >= 15 is 0 Å². The molecule has 0 aliphatic rings. The highest BCUT2D eigenvalue weighted by Gasteiger charge is 2.33. The van der Waals surface area contributed by atoms with Gasteiger partial charge in [0.2, 0.25) is 0 Å². The number of phosphoric acid groups is 2. The van der Waals surface area contributed by atoms with Crippen LogP contribution in [0.5, 0.6) is 5.75 Å². The molecule has 2 unspecified atom stereocenters. The first-order valence-corrected chi connectivity index (χ1v) is 7.53. The van der Waals surface area contributed by atoms with Crippen molar-refractivity contribution in [2.45, 2.75) is 0 Å². The van der Waals surface area contributed by atoms with Gasteiger partial charge in [-0.1, -0.05) is 0 Å². The first-order chi connectivity index (χ1) is 8.65. The zero-order valence-electron chi connectivity index (χ0n) is 8.78. The molecule has 1 rings (SSSR count). The fourth-order valence-corrected chi connectivity index (χ4v) is 2.90. The second-order valence-electron chi connectivity index (χ2n) is 2.92. The normalized spacial score (nSPS) is 17.2. The Kier molecular flexibility index (Phi) is 5.05. The summed E-state index contributed by atoms with van der Waals surface area (Å²) in [6.07, 6.45) is 0. The maximum absolute atomic E-state index is 11.5. The van der Waals surface area contributed by atoms with Crippen LogP contribution in [0.15, 0.2) is 24.3 Å². The van der Waals surface area contributed by atoms with Crippen LogP contribution in [0.4, 0.5) is 5.69 Å². The van der Waals surface area contributed by atoms with Gasteiger partial charge in [0.05, 0.1) is 16.8 Å². The highest BCUT2D eigenvalue weighted by Crippen LogP contribution is 2.59. The third-order valence-electron chi connectivity index (χ3n) is 1.56. The summed E-state index contributed by atoms with van der Waals surface area (Å²) in [5.41, 5.74) is -0.174. The van der Waals surface area contributed by atoms with Crippen LogP contribution in [0.2, 0.25) is 0 Å². The molecule has 19 heavy (non-hydrogen) atoms. The number of benzene rings is 1. The van der Waals surface area contributed by atoms with Crippen LogP contribution >= 0.6 is 27.5 Å². The summed E-state index contributed by atoms with van der Waals surface area (Å²) in [5.74, 6) is -0.261. The third-order valence-corrected chi connectivity index (χ3v) is 4.30. The molecule has 2 atom stereocenters. The molecule has 0 aromatic heterocycles. The van der Waals surface area contributed by atoms with Crippen molar-refractivity contribution in [1.82, 2.24) is 0 Å². The van der Waals surface area contributed by atoms with Crippen LogP contribution in [-0.4, -0.2) is 15.0 Å². The molecule has 0 heterocycles. The Labute approximate surface area is 111 Å². The fraction of sp³-hybridized carbons (Fsp3) is 0. The summed E-state index contributed by atoms with van der Waals surface area (Å²) < 4.78 is 33.9. The lowest BCUT2D eigenvalue weighted by atomic mass is 10.3. The molecular weight excluding hydrogens is 327 g/mol. The van der Waals surface area contributed by atoms with Gasteiger partial charge < -0.3 is 14.3 Å². The lowest BCUT2D eigenvalue weighted by Gasteiger charge is -2.20. The Morgan fingerprint density at radius 1 is 1.26 bits per heavy atom. The standard InChI is InChI=1S/C6H6ClNO9P2/c7-16-19(14,17-18(11,12)13)15-6-3-1-5(2-4-6)8(9)10/h1-4H,(H2-,9,10,11,12,13). The Morgan fingerprint density at radius 3 is 2.16 bits per heavy atom. The molecule has 0 radical (unpaired) electrons. The summed E-state index contributed by atoms with van der Waals surface area (Å²) in [6, 6.07) is 4.18. The highest BCUT2D eigenvalue weighted by molar-refractivity contribution is 7.61. The topological polar surface area (TPSA) is 145 Å². The van der Waals surface area contributed by atoms with E-state index in [2.05, 4.69) is 12.9 Å². The predicted molar refractivity (Wildman–Crippen MR) is 57.6 cm³/mol. The first kappa shape index (κ1) is 16.1. The Hall–Kier alpha value is -0.990.